The number of ether oxygens (including phenoxy) is 4. The fraction of sp³-hybridized carbons (Fsp3) is 0.342. The van der Waals surface area contributed by atoms with Crippen LogP contribution in [0.3, 0.4) is 0 Å². The fourth-order valence-corrected chi connectivity index (χ4v) is 5.13. The van der Waals surface area contributed by atoms with Gasteiger partial charge in [-0.05, 0) is 77.7 Å². The topological polar surface area (TPSA) is 80.7 Å². The van der Waals surface area contributed by atoms with Crippen LogP contribution in [0.2, 0.25) is 0 Å². The molecule has 0 atom stereocenters. The highest BCUT2D eigenvalue weighted by Crippen LogP contribution is 2.26. The molecule has 3 aromatic rings. The maximum Gasteiger partial charge on any atom is 0.341 e. The third kappa shape index (κ3) is 10.2. The zero-order chi connectivity index (χ0) is 32.0. The molecule has 0 aliphatic carbocycles. The van der Waals surface area contributed by atoms with E-state index in [9.17, 15) is 4.79 Å². The Hall–Kier alpha value is -4.57. The second-order valence-corrected chi connectivity index (χ2v) is 11.1. The second kappa shape index (κ2) is 17.2. The van der Waals surface area contributed by atoms with E-state index in [0.29, 0.717) is 18.1 Å². The largest absolute Gasteiger partial charge is 0.489 e. The molecule has 0 unspecified atom stereocenters. The van der Waals surface area contributed by atoms with Gasteiger partial charge in [-0.3, -0.25) is 9.80 Å². The molecule has 0 amide bonds. The van der Waals surface area contributed by atoms with Crippen molar-refractivity contribution in [2.45, 2.75) is 6.92 Å². The summed E-state index contributed by atoms with van der Waals surface area (Å²) in [7, 11) is 0. The number of aliphatic carboxylic acids is 1. The lowest BCUT2D eigenvalue weighted by Crippen LogP contribution is -2.36. The van der Waals surface area contributed by atoms with Crippen molar-refractivity contribution >= 4 is 11.5 Å². The Kier molecular flexibility index (Phi) is 12.3. The van der Waals surface area contributed by atoms with Crippen molar-refractivity contribution in [1.82, 2.24) is 9.80 Å². The molecule has 0 saturated carbocycles. The predicted molar refractivity (Wildman–Crippen MR) is 178 cm³/mol. The van der Waals surface area contributed by atoms with Crippen LogP contribution in [0.25, 0.3) is 5.57 Å². The van der Waals surface area contributed by atoms with Gasteiger partial charge in [0.25, 0.3) is 0 Å². The first-order valence-corrected chi connectivity index (χ1v) is 15.6. The Labute approximate surface area is 271 Å². The van der Waals surface area contributed by atoms with Gasteiger partial charge in [-0.25, -0.2) is 4.79 Å². The number of morpholine rings is 2. The zero-order valence-corrected chi connectivity index (χ0v) is 26.3. The molecule has 0 bridgehead atoms. The molecule has 2 heterocycles. The number of carboxylic acid groups (broad SMARTS) is 1. The maximum atomic E-state index is 10.9. The van der Waals surface area contributed by atoms with Crippen LogP contribution in [0.15, 0.2) is 72.8 Å². The quantitative estimate of drug-likeness (QED) is 0.336. The number of nitrogens with zero attached hydrogens (tertiary/aromatic N) is 2. The average molecular weight is 621 g/mol. The molecule has 5 rings (SSSR count). The molecular weight excluding hydrogens is 580 g/mol. The van der Waals surface area contributed by atoms with E-state index in [1.54, 1.807) is 12.1 Å². The van der Waals surface area contributed by atoms with Gasteiger partial charge < -0.3 is 24.1 Å². The van der Waals surface area contributed by atoms with Crippen LogP contribution in [0.1, 0.15) is 27.8 Å². The van der Waals surface area contributed by atoms with Crippen LogP contribution >= 0.6 is 0 Å². The summed E-state index contributed by atoms with van der Waals surface area (Å²) >= 11 is 0. The van der Waals surface area contributed by atoms with Crippen molar-refractivity contribution < 1.29 is 28.8 Å². The highest BCUT2D eigenvalue weighted by molar-refractivity contribution is 5.80. The molecule has 2 fully saturated rings. The van der Waals surface area contributed by atoms with Gasteiger partial charge in [-0.1, -0.05) is 47.9 Å². The van der Waals surface area contributed by atoms with Gasteiger partial charge in [0.15, 0.2) is 6.61 Å². The normalized spacial score (nSPS) is 15.1. The van der Waals surface area contributed by atoms with Gasteiger partial charge in [0.1, 0.15) is 18.1 Å². The monoisotopic (exact) mass is 620 g/mol. The third-order valence-corrected chi connectivity index (χ3v) is 7.70. The Bertz CT molecular complexity index is 1510. The molecule has 2 saturated heterocycles. The molecular formula is C38H40N2O6. The summed E-state index contributed by atoms with van der Waals surface area (Å²) in [5.74, 6) is 13.4. The summed E-state index contributed by atoms with van der Waals surface area (Å²) in [5.41, 5.74) is 5.90. The number of aryl methyl sites for hydroxylation is 1. The Morgan fingerprint density at radius 3 is 1.78 bits per heavy atom. The van der Waals surface area contributed by atoms with E-state index in [4.69, 9.17) is 24.1 Å². The SMILES string of the molecule is Cc1cc(OCC=C(c2ccc(C#CCN3CCOCC3)cc2)c2ccc(C#CCN3CCOCC3)cc2)ccc1OCC(=O)O. The minimum absolute atomic E-state index is 0.340. The molecule has 0 spiro atoms. The summed E-state index contributed by atoms with van der Waals surface area (Å²) in [4.78, 5) is 15.5. The number of carbonyl (C=O) groups is 1. The number of benzene rings is 3. The van der Waals surface area contributed by atoms with Crippen LogP contribution in [-0.4, -0.2) is 99.8 Å². The molecule has 8 nitrogen and oxygen atoms in total. The van der Waals surface area contributed by atoms with Gasteiger partial charge in [-0.2, -0.15) is 0 Å². The highest BCUT2D eigenvalue weighted by Gasteiger charge is 2.10. The lowest BCUT2D eigenvalue weighted by molar-refractivity contribution is -0.139. The molecule has 3 aromatic carbocycles. The zero-order valence-electron chi connectivity index (χ0n) is 26.3. The van der Waals surface area contributed by atoms with E-state index in [0.717, 1.165) is 99.1 Å². The van der Waals surface area contributed by atoms with E-state index < -0.39 is 5.97 Å². The summed E-state index contributed by atoms with van der Waals surface area (Å²) in [6.45, 7) is 10.0. The molecule has 46 heavy (non-hydrogen) atoms. The Morgan fingerprint density at radius 1 is 0.783 bits per heavy atom. The van der Waals surface area contributed by atoms with E-state index in [2.05, 4.69) is 88.1 Å². The minimum Gasteiger partial charge on any atom is -0.489 e. The predicted octanol–water partition coefficient (Wildman–Crippen LogP) is 4.34. The van der Waals surface area contributed by atoms with Gasteiger partial charge in [0.05, 0.1) is 39.5 Å². The fourth-order valence-electron chi connectivity index (χ4n) is 5.13. The van der Waals surface area contributed by atoms with Gasteiger partial charge in [-0.15, -0.1) is 0 Å². The lowest BCUT2D eigenvalue weighted by atomic mass is 9.96. The molecule has 0 radical (unpaired) electrons. The van der Waals surface area contributed by atoms with Crippen molar-refractivity contribution in [3.05, 3.63) is 101 Å². The maximum absolute atomic E-state index is 10.9. The van der Waals surface area contributed by atoms with Crippen molar-refractivity contribution in [3.8, 4) is 35.2 Å². The van der Waals surface area contributed by atoms with Crippen LogP contribution in [0.4, 0.5) is 0 Å². The van der Waals surface area contributed by atoms with Crippen molar-refractivity contribution in [1.29, 1.82) is 0 Å². The highest BCUT2D eigenvalue weighted by atomic mass is 16.5. The number of rotatable bonds is 10. The molecule has 0 aromatic heterocycles. The second-order valence-electron chi connectivity index (χ2n) is 11.1. The van der Waals surface area contributed by atoms with Gasteiger partial charge in [0.2, 0.25) is 0 Å². The van der Waals surface area contributed by atoms with E-state index in [1.165, 1.54) is 0 Å². The van der Waals surface area contributed by atoms with Crippen molar-refractivity contribution in [3.63, 3.8) is 0 Å². The smallest absolute Gasteiger partial charge is 0.341 e. The number of carboxylic acids is 1. The minimum atomic E-state index is -1.02. The van der Waals surface area contributed by atoms with Crippen molar-refractivity contribution in [2.75, 3.05) is 78.9 Å². The molecule has 2 aliphatic heterocycles. The first-order chi connectivity index (χ1) is 22.5. The van der Waals surface area contributed by atoms with E-state index >= 15 is 0 Å². The number of hydrogen-bond donors (Lipinski definition) is 1. The first-order valence-electron chi connectivity index (χ1n) is 15.6. The molecule has 8 heteroatoms. The van der Waals surface area contributed by atoms with E-state index in [-0.39, 0.29) is 6.61 Å². The summed E-state index contributed by atoms with van der Waals surface area (Å²) in [6, 6.07) is 22.0. The molecule has 238 valence electrons. The molecule has 2 aliphatic rings. The number of hydrogen-bond acceptors (Lipinski definition) is 7. The summed E-state index contributed by atoms with van der Waals surface area (Å²) in [5, 5.41) is 8.90. The van der Waals surface area contributed by atoms with Crippen LogP contribution in [0.5, 0.6) is 11.5 Å². The third-order valence-electron chi connectivity index (χ3n) is 7.70. The van der Waals surface area contributed by atoms with Gasteiger partial charge in [0, 0.05) is 37.3 Å². The summed E-state index contributed by atoms with van der Waals surface area (Å²) in [6.07, 6.45) is 2.07. The standard InChI is InChI=1S/C38H40N2O6/c1-30-28-35(14-15-37(30)46-29-38(41)42)45-23-16-36(33-10-6-31(7-11-33)4-2-17-39-19-24-43-25-20-39)34-12-8-32(9-13-34)5-3-18-40-21-26-44-27-22-40/h6-16,28H,17-27,29H2,1H3,(H,41,42). The molecule has 1 N–H and O–H groups in total. The van der Waals surface area contributed by atoms with Crippen LogP contribution in [0, 0.1) is 30.6 Å². The Morgan fingerprint density at radius 2 is 1.30 bits per heavy atom. The van der Waals surface area contributed by atoms with Crippen LogP contribution < -0.4 is 9.47 Å². The van der Waals surface area contributed by atoms with Crippen LogP contribution in [-0.2, 0) is 14.3 Å². The van der Waals surface area contributed by atoms with Crippen molar-refractivity contribution in [2.24, 2.45) is 0 Å². The van der Waals surface area contributed by atoms with E-state index in [1.807, 2.05) is 13.0 Å². The lowest BCUT2D eigenvalue weighted by Gasteiger charge is -2.24. The first kappa shape index (κ1) is 32.8. The Balaban J connectivity index is 1.29. The average Bonchev–Trinajstić information content (AvgIpc) is 3.08. The summed E-state index contributed by atoms with van der Waals surface area (Å²) < 4.78 is 22.3. The van der Waals surface area contributed by atoms with Gasteiger partial charge >= 0.3 is 5.97 Å².